The number of carbonyl (C=O) groups excluding carboxylic acids is 1. The number of carbonyl (C=O) groups is 1. The van der Waals surface area contributed by atoms with Crippen LogP contribution in [0, 0.1) is 5.92 Å². The summed E-state index contributed by atoms with van der Waals surface area (Å²) in [5.74, 6) is 1.31. The molecule has 2 heterocycles. The molecule has 1 aliphatic rings. The van der Waals surface area contributed by atoms with Gasteiger partial charge in [0.15, 0.2) is 11.5 Å². The SMILES string of the molecule is COc1ccc(CNC(=O)CN2C[C@@H](Cc3ccccn3)[C@H](O)C2)cc1OC. The molecule has 3 rings (SSSR count). The minimum Gasteiger partial charge on any atom is -0.493 e. The van der Waals surface area contributed by atoms with Gasteiger partial charge in [0.2, 0.25) is 5.91 Å². The Bertz CT molecular complexity index is 784. The number of nitrogens with zero attached hydrogens (tertiary/aromatic N) is 2. The van der Waals surface area contributed by atoms with Crippen molar-refractivity contribution in [3.8, 4) is 11.5 Å². The Labute approximate surface area is 165 Å². The van der Waals surface area contributed by atoms with E-state index in [4.69, 9.17) is 9.47 Å². The Kier molecular flexibility index (Phi) is 6.84. The monoisotopic (exact) mass is 385 g/mol. The number of hydrogen-bond donors (Lipinski definition) is 2. The van der Waals surface area contributed by atoms with Gasteiger partial charge < -0.3 is 19.9 Å². The molecule has 0 radical (unpaired) electrons. The second-order valence-corrected chi connectivity index (χ2v) is 7.01. The molecule has 7 heteroatoms. The van der Waals surface area contributed by atoms with E-state index < -0.39 is 6.10 Å². The lowest BCUT2D eigenvalue weighted by Gasteiger charge is -2.15. The number of rotatable bonds is 8. The third-order valence-electron chi connectivity index (χ3n) is 4.98. The fourth-order valence-electron chi connectivity index (χ4n) is 3.51. The van der Waals surface area contributed by atoms with Gasteiger partial charge in [-0.1, -0.05) is 12.1 Å². The number of likely N-dealkylation sites (tertiary alicyclic amines) is 1. The molecule has 150 valence electrons. The maximum absolute atomic E-state index is 12.3. The summed E-state index contributed by atoms with van der Waals surface area (Å²) in [7, 11) is 3.17. The van der Waals surface area contributed by atoms with E-state index in [2.05, 4.69) is 10.3 Å². The van der Waals surface area contributed by atoms with Crippen molar-refractivity contribution in [3.05, 3.63) is 53.9 Å². The van der Waals surface area contributed by atoms with Gasteiger partial charge in [-0.2, -0.15) is 0 Å². The largest absolute Gasteiger partial charge is 0.493 e. The van der Waals surface area contributed by atoms with Gasteiger partial charge in [0.05, 0.1) is 26.9 Å². The average Bonchev–Trinajstić information content (AvgIpc) is 3.05. The molecule has 2 N–H and O–H groups in total. The van der Waals surface area contributed by atoms with Crippen molar-refractivity contribution in [2.24, 2.45) is 5.92 Å². The summed E-state index contributed by atoms with van der Waals surface area (Å²) in [6.07, 6.45) is 2.03. The van der Waals surface area contributed by atoms with Crippen LogP contribution in [0.15, 0.2) is 42.6 Å². The number of aliphatic hydroxyl groups is 1. The molecule has 1 saturated heterocycles. The van der Waals surface area contributed by atoms with E-state index in [0.717, 1.165) is 11.3 Å². The van der Waals surface area contributed by atoms with Crippen LogP contribution >= 0.6 is 0 Å². The molecular formula is C21H27N3O4. The molecule has 2 atom stereocenters. The Hall–Kier alpha value is -2.64. The molecule has 0 spiro atoms. The zero-order valence-corrected chi connectivity index (χ0v) is 16.3. The zero-order chi connectivity index (χ0) is 19.9. The smallest absolute Gasteiger partial charge is 0.234 e. The minimum atomic E-state index is -0.444. The highest BCUT2D eigenvalue weighted by Gasteiger charge is 2.32. The topological polar surface area (TPSA) is 83.9 Å². The first-order valence-corrected chi connectivity index (χ1v) is 9.37. The van der Waals surface area contributed by atoms with Crippen LogP contribution in [0.25, 0.3) is 0 Å². The average molecular weight is 385 g/mol. The fraction of sp³-hybridized carbons (Fsp3) is 0.429. The number of β-amino-alcohol motifs (C(OH)–C–C–N with tert-alkyl or cyclic N) is 1. The van der Waals surface area contributed by atoms with Crippen molar-refractivity contribution in [1.29, 1.82) is 0 Å². The maximum atomic E-state index is 12.3. The molecule has 0 unspecified atom stereocenters. The predicted octanol–water partition coefficient (Wildman–Crippen LogP) is 1.25. The van der Waals surface area contributed by atoms with Crippen LogP contribution in [0.4, 0.5) is 0 Å². The van der Waals surface area contributed by atoms with Crippen LogP contribution in [0.5, 0.6) is 11.5 Å². The van der Waals surface area contributed by atoms with E-state index in [1.165, 1.54) is 0 Å². The summed E-state index contributed by atoms with van der Waals surface area (Å²) in [4.78, 5) is 18.6. The summed E-state index contributed by atoms with van der Waals surface area (Å²) in [6.45, 7) is 1.86. The minimum absolute atomic E-state index is 0.0690. The standard InChI is InChI=1S/C21H27N3O4/c1-27-19-7-6-15(9-20(19)28-2)11-23-21(26)14-24-12-16(18(25)13-24)10-17-5-3-4-8-22-17/h3-9,16,18,25H,10-14H2,1-2H3,(H,23,26)/t16-,18-/m1/s1. The summed E-state index contributed by atoms with van der Waals surface area (Å²) in [5, 5.41) is 13.2. The van der Waals surface area contributed by atoms with Crippen LogP contribution in [0.3, 0.4) is 0 Å². The Morgan fingerprint density at radius 2 is 2.04 bits per heavy atom. The number of benzene rings is 1. The molecule has 7 nitrogen and oxygen atoms in total. The molecule has 0 saturated carbocycles. The maximum Gasteiger partial charge on any atom is 0.234 e. The second kappa shape index (κ2) is 9.52. The lowest BCUT2D eigenvalue weighted by Crippen LogP contribution is -2.36. The molecule has 1 aromatic heterocycles. The van der Waals surface area contributed by atoms with Gasteiger partial charge >= 0.3 is 0 Å². The highest BCUT2D eigenvalue weighted by Crippen LogP contribution is 2.27. The van der Waals surface area contributed by atoms with Crippen molar-refractivity contribution in [2.75, 3.05) is 33.9 Å². The van der Waals surface area contributed by atoms with Gasteiger partial charge in [0.1, 0.15) is 0 Å². The van der Waals surface area contributed by atoms with Gasteiger partial charge in [-0.05, 0) is 36.2 Å². The van der Waals surface area contributed by atoms with E-state index in [1.807, 2.05) is 41.3 Å². The van der Waals surface area contributed by atoms with E-state index in [0.29, 0.717) is 37.6 Å². The van der Waals surface area contributed by atoms with E-state index in [9.17, 15) is 9.90 Å². The third kappa shape index (κ3) is 5.21. The molecule has 28 heavy (non-hydrogen) atoms. The highest BCUT2D eigenvalue weighted by atomic mass is 16.5. The summed E-state index contributed by atoms with van der Waals surface area (Å²) >= 11 is 0. The first-order chi connectivity index (χ1) is 13.6. The van der Waals surface area contributed by atoms with Crippen molar-refractivity contribution in [2.45, 2.75) is 19.1 Å². The molecule has 1 amide bonds. The molecule has 1 aliphatic heterocycles. The molecule has 0 aliphatic carbocycles. The molecular weight excluding hydrogens is 358 g/mol. The Morgan fingerprint density at radius 3 is 2.75 bits per heavy atom. The molecule has 1 aromatic carbocycles. The summed E-state index contributed by atoms with van der Waals surface area (Å²) < 4.78 is 10.5. The van der Waals surface area contributed by atoms with E-state index in [-0.39, 0.29) is 18.4 Å². The third-order valence-corrected chi connectivity index (χ3v) is 4.98. The first-order valence-electron chi connectivity index (χ1n) is 9.37. The van der Waals surface area contributed by atoms with Crippen molar-refractivity contribution in [1.82, 2.24) is 15.2 Å². The number of ether oxygens (including phenoxy) is 2. The van der Waals surface area contributed by atoms with Gasteiger partial charge in [0, 0.05) is 37.4 Å². The van der Waals surface area contributed by atoms with Gasteiger partial charge in [-0.3, -0.25) is 14.7 Å². The quantitative estimate of drug-likeness (QED) is 0.712. The van der Waals surface area contributed by atoms with Crippen LogP contribution in [-0.4, -0.2) is 60.9 Å². The fourth-order valence-corrected chi connectivity index (χ4v) is 3.51. The van der Waals surface area contributed by atoms with Crippen LogP contribution in [0.2, 0.25) is 0 Å². The van der Waals surface area contributed by atoms with Gasteiger partial charge in [0.25, 0.3) is 0 Å². The lowest BCUT2D eigenvalue weighted by molar-refractivity contribution is -0.122. The van der Waals surface area contributed by atoms with Gasteiger partial charge in [-0.25, -0.2) is 0 Å². The number of hydrogen-bond acceptors (Lipinski definition) is 6. The number of pyridine rings is 1. The highest BCUT2D eigenvalue weighted by molar-refractivity contribution is 5.78. The summed E-state index contributed by atoms with van der Waals surface area (Å²) in [5.41, 5.74) is 1.90. The Morgan fingerprint density at radius 1 is 1.21 bits per heavy atom. The predicted molar refractivity (Wildman–Crippen MR) is 105 cm³/mol. The van der Waals surface area contributed by atoms with E-state index >= 15 is 0 Å². The first kappa shape index (κ1) is 20.1. The van der Waals surface area contributed by atoms with Crippen LogP contribution < -0.4 is 14.8 Å². The van der Waals surface area contributed by atoms with Crippen molar-refractivity contribution in [3.63, 3.8) is 0 Å². The van der Waals surface area contributed by atoms with Crippen molar-refractivity contribution >= 4 is 5.91 Å². The number of aromatic nitrogens is 1. The lowest BCUT2D eigenvalue weighted by atomic mass is 10.00. The molecule has 1 fully saturated rings. The second-order valence-electron chi connectivity index (χ2n) is 7.01. The van der Waals surface area contributed by atoms with Gasteiger partial charge in [-0.15, -0.1) is 0 Å². The number of methoxy groups -OCH3 is 2. The van der Waals surface area contributed by atoms with Crippen LogP contribution in [-0.2, 0) is 17.8 Å². The number of amides is 1. The molecule has 0 bridgehead atoms. The zero-order valence-electron chi connectivity index (χ0n) is 16.3. The van der Waals surface area contributed by atoms with Crippen molar-refractivity contribution < 1.29 is 19.4 Å². The normalized spacial score (nSPS) is 19.4. The number of nitrogens with one attached hydrogen (secondary N) is 1. The van der Waals surface area contributed by atoms with Crippen LogP contribution in [0.1, 0.15) is 11.3 Å². The van der Waals surface area contributed by atoms with E-state index in [1.54, 1.807) is 20.4 Å². The summed E-state index contributed by atoms with van der Waals surface area (Å²) in [6, 6.07) is 11.4. The molecule has 2 aromatic rings. The Balaban J connectivity index is 1.47. The number of aliphatic hydroxyl groups excluding tert-OH is 1.